The molecule has 1 aromatic carbocycles. The number of aromatic nitrogens is 2. The quantitative estimate of drug-likeness (QED) is 0.661. The van der Waals surface area contributed by atoms with Crippen molar-refractivity contribution in [3.05, 3.63) is 41.8 Å². The average molecular weight is 406 g/mol. The molecule has 0 unspecified atom stereocenters. The number of nitrogens with one attached hydrogen (secondary N) is 1. The number of nitrogens with zero attached hydrogens (tertiary/aromatic N) is 2. The largest absolute Gasteiger partial charge is 0.495 e. The molecular formula is C18H19N3O4S2. The summed E-state index contributed by atoms with van der Waals surface area (Å²) in [5.74, 6) is 1.79. The summed E-state index contributed by atoms with van der Waals surface area (Å²) < 4.78 is 39.3. The first kappa shape index (κ1) is 18.0. The van der Waals surface area contributed by atoms with Crippen molar-refractivity contribution in [1.29, 1.82) is 0 Å². The van der Waals surface area contributed by atoms with Gasteiger partial charge in [-0.15, -0.1) is 21.5 Å². The molecule has 0 radical (unpaired) electrons. The van der Waals surface area contributed by atoms with E-state index in [0.29, 0.717) is 34.0 Å². The molecule has 9 heteroatoms. The number of rotatable bonds is 6. The Morgan fingerprint density at radius 1 is 1.22 bits per heavy atom. The first-order valence-corrected chi connectivity index (χ1v) is 10.9. The van der Waals surface area contributed by atoms with Crippen LogP contribution in [0.5, 0.6) is 5.75 Å². The molecule has 1 aliphatic carbocycles. The lowest BCUT2D eigenvalue weighted by molar-refractivity contribution is 0.338. The summed E-state index contributed by atoms with van der Waals surface area (Å²) in [5.41, 5.74) is 1.33. The van der Waals surface area contributed by atoms with E-state index in [0.717, 1.165) is 29.7 Å². The fourth-order valence-electron chi connectivity index (χ4n) is 2.83. The Labute approximate surface area is 161 Å². The van der Waals surface area contributed by atoms with Gasteiger partial charge in [-0.1, -0.05) is 12.5 Å². The van der Waals surface area contributed by atoms with Crippen molar-refractivity contribution in [3.63, 3.8) is 0 Å². The van der Waals surface area contributed by atoms with E-state index in [1.807, 2.05) is 13.0 Å². The first-order valence-electron chi connectivity index (χ1n) is 8.57. The van der Waals surface area contributed by atoms with Crippen molar-refractivity contribution in [2.24, 2.45) is 0 Å². The maximum absolute atomic E-state index is 12.8. The van der Waals surface area contributed by atoms with Crippen LogP contribution in [-0.4, -0.2) is 25.7 Å². The van der Waals surface area contributed by atoms with Crippen molar-refractivity contribution < 1.29 is 17.6 Å². The van der Waals surface area contributed by atoms with Gasteiger partial charge in [-0.2, -0.15) is 0 Å². The third-order valence-corrected chi connectivity index (χ3v) is 7.48. The molecule has 1 saturated carbocycles. The summed E-state index contributed by atoms with van der Waals surface area (Å²) in [4.78, 5) is 0.629. The average Bonchev–Trinajstić information content (AvgIpc) is 3.22. The van der Waals surface area contributed by atoms with Gasteiger partial charge >= 0.3 is 0 Å². The molecule has 1 aliphatic rings. The van der Waals surface area contributed by atoms with E-state index in [9.17, 15) is 8.42 Å². The van der Waals surface area contributed by atoms with Gasteiger partial charge in [0.25, 0.3) is 15.9 Å². The standard InChI is InChI=1S/C18H19N3O4S2/c1-11-6-7-14(24-2)13(10-11)21-27(22,23)16-9-8-15(26-16)18-20-19-17(25-18)12-4-3-5-12/h6-10,12,21H,3-5H2,1-2H3. The molecule has 1 N–H and O–H groups in total. The predicted molar refractivity (Wildman–Crippen MR) is 103 cm³/mol. The molecule has 1 fully saturated rings. The van der Waals surface area contributed by atoms with Gasteiger partial charge in [-0.05, 0) is 49.6 Å². The fraction of sp³-hybridized carbons (Fsp3) is 0.333. The third kappa shape index (κ3) is 3.57. The van der Waals surface area contributed by atoms with Gasteiger partial charge in [-0.3, -0.25) is 4.72 Å². The third-order valence-electron chi connectivity index (χ3n) is 4.55. The molecule has 0 atom stereocenters. The van der Waals surface area contributed by atoms with Crippen molar-refractivity contribution >= 4 is 27.0 Å². The summed E-state index contributed by atoms with van der Waals surface area (Å²) >= 11 is 1.09. The highest BCUT2D eigenvalue weighted by Crippen LogP contribution is 2.38. The minimum absolute atomic E-state index is 0.171. The van der Waals surface area contributed by atoms with Gasteiger partial charge in [0.1, 0.15) is 9.96 Å². The molecule has 2 aromatic heterocycles. The summed E-state index contributed by atoms with van der Waals surface area (Å²) in [5, 5.41) is 8.16. The van der Waals surface area contributed by atoms with Gasteiger partial charge in [0.15, 0.2) is 0 Å². The monoisotopic (exact) mass is 405 g/mol. The van der Waals surface area contributed by atoms with Gasteiger partial charge in [-0.25, -0.2) is 8.42 Å². The van der Waals surface area contributed by atoms with Crippen LogP contribution in [0.3, 0.4) is 0 Å². The summed E-state index contributed by atoms with van der Waals surface area (Å²) in [6.45, 7) is 1.88. The summed E-state index contributed by atoms with van der Waals surface area (Å²) in [6.07, 6.45) is 3.31. The summed E-state index contributed by atoms with van der Waals surface area (Å²) in [6, 6.07) is 8.54. The van der Waals surface area contributed by atoms with Crippen LogP contribution in [-0.2, 0) is 10.0 Å². The molecule has 0 saturated heterocycles. The number of anilines is 1. The predicted octanol–water partition coefficient (Wildman–Crippen LogP) is 4.18. The van der Waals surface area contributed by atoms with Gasteiger partial charge in [0.2, 0.25) is 5.89 Å². The van der Waals surface area contributed by atoms with Gasteiger partial charge in [0.05, 0.1) is 17.7 Å². The molecule has 3 aromatic rings. The number of methoxy groups -OCH3 is 1. The number of hydrogen-bond acceptors (Lipinski definition) is 7. The number of hydrogen-bond donors (Lipinski definition) is 1. The van der Waals surface area contributed by atoms with E-state index in [-0.39, 0.29) is 4.21 Å². The Kier molecular flexibility index (Phi) is 4.65. The molecular weight excluding hydrogens is 386 g/mol. The molecule has 142 valence electrons. The molecule has 0 aliphatic heterocycles. The lowest BCUT2D eigenvalue weighted by Gasteiger charge is -2.20. The Hall–Kier alpha value is -2.39. The second-order valence-electron chi connectivity index (χ2n) is 6.50. The van der Waals surface area contributed by atoms with Gasteiger partial charge in [0, 0.05) is 5.92 Å². The van der Waals surface area contributed by atoms with Crippen LogP contribution in [0.4, 0.5) is 5.69 Å². The van der Waals surface area contributed by atoms with Crippen molar-refractivity contribution in [2.45, 2.75) is 36.3 Å². The van der Waals surface area contributed by atoms with Crippen molar-refractivity contribution in [1.82, 2.24) is 10.2 Å². The fourth-order valence-corrected chi connectivity index (χ4v) is 5.12. The summed E-state index contributed by atoms with van der Waals surface area (Å²) in [7, 11) is -2.25. The van der Waals surface area contributed by atoms with E-state index < -0.39 is 10.0 Å². The maximum Gasteiger partial charge on any atom is 0.271 e. The highest BCUT2D eigenvalue weighted by atomic mass is 32.2. The second kappa shape index (κ2) is 6.97. The Morgan fingerprint density at radius 3 is 2.74 bits per heavy atom. The maximum atomic E-state index is 12.8. The first-order chi connectivity index (χ1) is 13.0. The molecule has 0 bridgehead atoms. The Bertz CT molecular complexity index is 1070. The molecule has 7 nitrogen and oxygen atoms in total. The highest BCUT2D eigenvalue weighted by Gasteiger charge is 2.26. The molecule has 0 spiro atoms. The number of aryl methyl sites for hydroxylation is 1. The number of sulfonamides is 1. The van der Waals surface area contributed by atoms with Crippen LogP contribution in [0.25, 0.3) is 10.8 Å². The lowest BCUT2D eigenvalue weighted by Crippen LogP contribution is -2.12. The van der Waals surface area contributed by atoms with E-state index in [2.05, 4.69) is 14.9 Å². The SMILES string of the molecule is COc1ccc(C)cc1NS(=O)(=O)c1ccc(-c2nnc(C3CCC3)o2)s1. The van der Waals surface area contributed by atoms with Crippen LogP contribution in [0.1, 0.15) is 36.6 Å². The highest BCUT2D eigenvalue weighted by molar-refractivity contribution is 7.94. The van der Waals surface area contributed by atoms with Crippen molar-refractivity contribution in [2.75, 3.05) is 11.8 Å². The van der Waals surface area contributed by atoms with Crippen LogP contribution in [0.15, 0.2) is 39.0 Å². The lowest BCUT2D eigenvalue weighted by atomic mass is 9.85. The smallest absolute Gasteiger partial charge is 0.271 e. The zero-order valence-corrected chi connectivity index (χ0v) is 16.6. The molecule has 2 heterocycles. The van der Waals surface area contributed by atoms with Crippen LogP contribution >= 0.6 is 11.3 Å². The molecule has 4 rings (SSSR count). The van der Waals surface area contributed by atoms with Crippen LogP contribution in [0, 0.1) is 6.92 Å². The van der Waals surface area contributed by atoms with E-state index >= 15 is 0 Å². The minimum Gasteiger partial charge on any atom is -0.495 e. The van der Waals surface area contributed by atoms with Crippen LogP contribution < -0.4 is 9.46 Å². The Balaban J connectivity index is 1.58. The number of ether oxygens (including phenoxy) is 1. The molecule has 27 heavy (non-hydrogen) atoms. The van der Waals surface area contributed by atoms with Gasteiger partial charge < -0.3 is 9.15 Å². The van der Waals surface area contributed by atoms with E-state index in [1.54, 1.807) is 18.2 Å². The zero-order valence-electron chi connectivity index (χ0n) is 14.9. The number of benzene rings is 1. The zero-order chi connectivity index (χ0) is 19.0. The normalized spacial score (nSPS) is 14.7. The van der Waals surface area contributed by atoms with Crippen LogP contribution in [0.2, 0.25) is 0 Å². The van der Waals surface area contributed by atoms with E-state index in [4.69, 9.17) is 9.15 Å². The molecule has 0 amide bonds. The van der Waals surface area contributed by atoms with E-state index in [1.165, 1.54) is 19.6 Å². The Morgan fingerprint density at radius 2 is 2.04 bits per heavy atom. The number of thiophene rings is 1. The van der Waals surface area contributed by atoms with Crippen molar-refractivity contribution in [3.8, 4) is 16.5 Å². The topological polar surface area (TPSA) is 94.3 Å². The minimum atomic E-state index is -3.75. The second-order valence-corrected chi connectivity index (χ2v) is 9.49.